The number of hydrogen-bond acceptors (Lipinski definition) is 5. The van der Waals surface area contributed by atoms with Crippen molar-refractivity contribution in [3.63, 3.8) is 0 Å². The van der Waals surface area contributed by atoms with Crippen molar-refractivity contribution >= 4 is 28.6 Å². The van der Waals surface area contributed by atoms with E-state index >= 15 is 0 Å². The van der Waals surface area contributed by atoms with Crippen LogP contribution < -0.4 is 5.56 Å². The van der Waals surface area contributed by atoms with Crippen LogP contribution in [0.15, 0.2) is 52.5 Å². The monoisotopic (exact) mass is 422 g/mol. The topological polar surface area (TPSA) is 68.1 Å². The molecule has 3 aromatic rings. The maximum absolute atomic E-state index is 13.3. The molecular weight excluding hydrogens is 396 g/mol. The Hall–Kier alpha value is -2.67. The molecule has 7 heteroatoms. The fourth-order valence-corrected chi connectivity index (χ4v) is 4.67. The van der Waals surface area contributed by atoms with Crippen molar-refractivity contribution in [2.24, 2.45) is 0 Å². The molecule has 4 rings (SSSR count). The van der Waals surface area contributed by atoms with Crippen LogP contribution in [0.25, 0.3) is 16.7 Å². The van der Waals surface area contributed by atoms with Crippen molar-refractivity contribution < 1.29 is 4.79 Å². The molecule has 1 aliphatic rings. The average Bonchev–Trinajstić information content (AvgIpc) is 2.72. The molecule has 1 amide bonds. The number of aromatic nitrogens is 3. The van der Waals surface area contributed by atoms with Crippen molar-refractivity contribution in [1.29, 1.82) is 0 Å². The fraction of sp³-hybridized carbons (Fsp3) is 0.391. The van der Waals surface area contributed by atoms with Crippen LogP contribution in [0.1, 0.15) is 37.7 Å². The van der Waals surface area contributed by atoms with Crippen LogP contribution in [-0.2, 0) is 4.79 Å². The Labute approximate surface area is 180 Å². The Morgan fingerprint density at radius 1 is 1.07 bits per heavy atom. The van der Waals surface area contributed by atoms with E-state index in [9.17, 15) is 9.59 Å². The number of thioether (sulfide) groups is 1. The summed E-state index contributed by atoms with van der Waals surface area (Å²) in [4.78, 5) is 37.2. The van der Waals surface area contributed by atoms with E-state index in [0.29, 0.717) is 21.9 Å². The Morgan fingerprint density at radius 2 is 1.80 bits per heavy atom. The van der Waals surface area contributed by atoms with Gasteiger partial charge < -0.3 is 4.90 Å². The molecule has 0 bridgehead atoms. The zero-order chi connectivity index (χ0) is 20.9. The van der Waals surface area contributed by atoms with Crippen molar-refractivity contribution in [3.05, 3.63) is 58.5 Å². The number of carbonyl (C=O) groups is 1. The van der Waals surface area contributed by atoms with Crippen LogP contribution in [0.4, 0.5) is 0 Å². The zero-order valence-corrected chi connectivity index (χ0v) is 18.0. The number of benzene rings is 1. The lowest BCUT2D eigenvalue weighted by molar-refractivity contribution is -0.128. The highest BCUT2D eigenvalue weighted by molar-refractivity contribution is 7.99. The summed E-state index contributed by atoms with van der Waals surface area (Å²) >= 11 is 1.31. The molecule has 1 aromatic carbocycles. The predicted octanol–water partition coefficient (Wildman–Crippen LogP) is 3.97. The standard InChI is InChI=1S/C23H26N4O2S/c1-17-11-12-24-20(15-17)27-22(29)18-9-5-6-10-19(18)25-23(27)30-16-21(28)26-13-7-3-2-4-8-14-26/h5-6,9-12,15H,2-4,7-8,13-14,16H2,1H3. The van der Waals surface area contributed by atoms with Crippen molar-refractivity contribution in [3.8, 4) is 5.82 Å². The number of para-hydroxylation sites is 1. The first-order valence-corrected chi connectivity index (χ1v) is 11.5. The molecular formula is C23H26N4O2S. The SMILES string of the molecule is Cc1ccnc(-n2c(SCC(=O)N3CCCCCCC3)nc3ccccc3c2=O)c1. The molecule has 0 N–H and O–H groups in total. The van der Waals surface area contributed by atoms with E-state index in [-0.39, 0.29) is 17.2 Å². The highest BCUT2D eigenvalue weighted by Crippen LogP contribution is 2.22. The van der Waals surface area contributed by atoms with Gasteiger partial charge in [0.2, 0.25) is 5.91 Å². The summed E-state index contributed by atoms with van der Waals surface area (Å²) in [7, 11) is 0. The highest BCUT2D eigenvalue weighted by Gasteiger charge is 2.19. The molecule has 0 unspecified atom stereocenters. The summed E-state index contributed by atoms with van der Waals surface area (Å²) in [5.74, 6) is 0.892. The first kappa shape index (κ1) is 20.6. The number of hydrogen-bond donors (Lipinski definition) is 0. The van der Waals surface area contributed by atoms with Gasteiger partial charge in [0, 0.05) is 19.3 Å². The van der Waals surface area contributed by atoms with Gasteiger partial charge in [-0.25, -0.2) is 14.5 Å². The minimum atomic E-state index is -0.167. The molecule has 0 atom stereocenters. The number of aryl methyl sites for hydroxylation is 1. The van der Waals surface area contributed by atoms with Crippen LogP contribution in [0.5, 0.6) is 0 Å². The number of amides is 1. The molecule has 6 nitrogen and oxygen atoms in total. The van der Waals surface area contributed by atoms with Crippen LogP contribution in [0.2, 0.25) is 0 Å². The molecule has 1 fully saturated rings. The molecule has 156 valence electrons. The maximum Gasteiger partial charge on any atom is 0.267 e. The molecule has 0 spiro atoms. The summed E-state index contributed by atoms with van der Waals surface area (Å²) < 4.78 is 1.53. The van der Waals surface area contributed by atoms with E-state index < -0.39 is 0 Å². The van der Waals surface area contributed by atoms with Crippen LogP contribution in [0, 0.1) is 6.92 Å². The number of rotatable bonds is 4. The quantitative estimate of drug-likeness (QED) is 0.470. The third kappa shape index (κ3) is 4.56. The first-order valence-electron chi connectivity index (χ1n) is 10.5. The van der Waals surface area contributed by atoms with E-state index in [1.165, 1.54) is 35.6 Å². The van der Waals surface area contributed by atoms with Crippen LogP contribution in [-0.4, -0.2) is 44.2 Å². The Kier molecular flexibility index (Phi) is 6.47. The summed E-state index contributed by atoms with van der Waals surface area (Å²) in [5, 5.41) is 1.04. The number of nitrogens with zero attached hydrogens (tertiary/aromatic N) is 4. The minimum Gasteiger partial charge on any atom is -0.342 e. The third-order valence-corrected chi connectivity index (χ3v) is 6.33. The number of carbonyl (C=O) groups excluding carboxylic acids is 1. The molecule has 1 aliphatic heterocycles. The van der Waals surface area contributed by atoms with Crippen LogP contribution in [0.3, 0.4) is 0 Å². The number of likely N-dealkylation sites (tertiary alicyclic amines) is 1. The van der Waals surface area contributed by atoms with Gasteiger partial charge in [-0.15, -0.1) is 0 Å². The summed E-state index contributed by atoms with van der Waals surface area (Å²) in [6.45, 7) is 3.59. The van der Waals surface area contributed by atoms with E-state index in [0.717, 1.165) is 31.5 Å². The lowest BCUT2D eigenvalue weighted by Crippen LogP contribution is -2.35. The highest BCUT2D eigenvalue weighted by atomic mass is 32.2. The second-order valence-electron chi connectivity index (χ2n) is 7.68. The zero-order valence-electron chi connectivity index (χ0n) is 17.2. The van der Waals surface area contributed by atoms with Crippen molar-refractivity contribution in [2.75, 3.05) is 18.8 Å². The first-order chi connectivity index (χ1) is 14.6. The summed E-state index contributed by atoms with van der Waals surface area (Å²) in [6.07, 6.45) is 7.42. The normalized spacial score (nSPS) is 15.0. The maximum atomic E-state index is 13.3. The average molecular weight is 423 g/mol. The van der Waals surface area contributed by atoms with Gasteiger partial charge in [-0.3, -0.25) is 9.59 Å². The van der Waals surface area contributed by atoms with E-state index in [1.807, 2.05) is 42.2 Å². The molecule has 0 saturated carbocycles. The van der Waals surface area contributed by atoms with E-state index in [1.54, 1.807) is 12.3 Å². The van der Waals surface area contributed by atoms with Gasteiger partial charge in [-0.2, -0.15) is 0 Å². The predicted molar refractivity (Wildman–Crippen MR) is 120 cm³/mol. The second-order valence-corrected chi connectivity index (χ2v) is 8.62. The van der Waals surface area contributed by atoms with Crippen LogP contribution >= 0.6 is 11.8 Å². The Bertz CT molecular complexity index is 1100. The molecule has 2 aromatic heterocycles. The van der Waals surface area contributed by atoms with Gasteiger partial charge in [0.15, 0.2) is 5.16 Å². The fourth-order valence-electron chi connectivity index (χ4n) is 3.77. The van der Waals surface area contributed by atoms with E-state index in [2.05, 4.69) is 4.98 Å². The number of pyridine rings is 1. The van der Waals surface area contributed by atoms with Gasteiger partial charge in [-0.1, -0.05) is 43.2 Å². The molecule has 0 aliphatic carbocycles. The lowest BCUT2D eigenvalue weighted by Gasteiger charge is -2.24. The third-order valence-electron chi connectivity index (χ3n) is 5.41. The molecule has 0 radical (unpaired) electrons. The second kappa shape index (κ2) is 9.43. The largest absolute Gasteiger partial charge is 0.342 e. The summed E-state index contributed by atoms with van der Waals surface area (Å²) in [5.41, 5.74) is 1.47. The Morgan fingerprint density at radius 3 is 2.57 bits per heavy atom. The van der Waals surface area contributed by atoms with Crippen molar-refractivity contribution in [1.82, 2.24) is 19.4 Å². The smallest absolute Gasteiger partial charge is 0.267 e. The van der Waals surface area contributed by atoms with Gasteiger partial charge >= 0.3 is 0 Å². The molecule has 30 heavy (non-hydrogen) atoms. The summed E-state index contributed by atoms with van der Waals surface area (Å²) in [6, 6.07) is 11.1. The van der Waals surface area contributed by atoms with Gasteiger partial charge in [0.25, 0.3) is 5.56 Å². The van der Waals surface area contributed by atoms with E-state index in [4.69, 9.17) is 4.98 Å². The van der Waals surface area contributed by atoms with Gasteiger partial charge in [-0.05, 0) is 49.6 Å². The Balaban J connectivity index is 1.66. The molecule has 1 saturated heterocycles. The number of fused-ring (bicyclic) bond motifs is 1. The van der Waals surface area contributed by atoms with Gasteiger partial charge in [0.05, 0.1) is 16.7 Å². The lowest BCUT2D eigenvalue weighted by atomic mass is 10.1. The van der Waals surface area contributed by atoms with Crippen molar-refractivity contribution in [2.45, 2.75) is 44.2 Å². The minimum absolute atomic E-state index is 0.105. The van der Waals surface area contributed by atoms with Gasteiger partial charge in [0.1, 0.15) is 5.82 Å². The molecule has 3 heterocycles.